The fourth-order valence-electron chi connectivity index (χ4n) is 1.72. The summed E-state index contributed by atoms with van der Waals surface area (Å²) in [5, 5.41) is 9.62. The Balaban J connectivity index is 2.40. The molecule has 0 saturated carbocycles. The summed E-state index contributed by atoms with van der Waals surface area (Å²) in [4.78, 5) is 11.2. The number of aryl methyl sites for hydroxylation is 1. The lowest BCUT2D eigenvalue weighted by Crippen LogP contribution is -2.18. The molecule has 0 amide bonds. The van der Waals surface area contributed by atoms with E-state index in [9.17, 15) is 9.90 Å². The van der Waals surface area contributed by atoms with Crippen molar-refractivity contribution in [3.8, 4) is 0 Å². The number of hydrogen-bond donors (Lipinski definition) is 3. The summed E-state index contributed by atoms with van der Waals surface area (Å²) >= 11 is 0. The number of nitrogens with one attached hydrogen (secondary N) is 2. The van der Waals surface area contributed by atoms with Crippen LogP contribution in [0.15, 0.2) is 15.3 Å². The van der Waals surface area contributed by atoms with Gasteiger partial charge in [0.15, 0.2) is 6.23 Å². The molecule has 1 aromatic heterocycles. The lowest BCUT2D eigenvalue weighted by Gasteiger charge is -2.07. The molecule has 5 nitrogen and oxygen atoms in total. The maximum Gasteiger partial charge on any atom is 0.337 e. The topological polar surface area (TPSA) is 74.5 Å². The molecule has 0 bridgehead atoms. The van der Waals surface area contributed by atoms with Crippen LogP contribution in [0.4, 0.5) is 5.88 Å². The normalized spacial score (nSPS) is 18.7. The van der Waals surface area contributed by atoms with E-state index in [0.717, 1.165) is 24.8 Å². The van der Waals surface area contributed by atoms with E-state index in [1.54, 1.807) is 0 Å². The minimum Gasteiger partial charge on any atom is -0.405 e. The van der Waals surface area contributed by atoms with Crippen molar-refractivity contribution < 1.29 is 9.52 Å². The van der Waals surface area contributed by atoms with Crippen molar-refractivity contribution in [1.29, 1.82) is 0 Å². The van der Waals surface area contributed by atoms with Crippen LogP contribution < -0.4 is 16.5 Å². The molecule has 0 spiro atoms. The van der Waals surface area contributed by atoms with Gasteiger partial charge in [-0.1, -0.05) is 13.3 Å². The molecule has 82 valence electrons. The van der Waals surface area contributed by atoms with Gasteiger partial charge in [-0.3, -0.25) is 5.43 Å². The largest absolute Gasteiger partial charge is 0.405 e. The van der Waals surface area contributed by atoms with E-state index in [1.807, 2.05) is 0 Å². The predicted molar refractivity (Wildman–Crippen MR) is 55.3 cm³/mol. The number of hydrogen-bond acceptors (Lipinski definition) is 5. The summed E-state index contributed by atoms with van der Waals surface area (Å²) in [7, 11) is 0. The Bertz CT molecular complexity index is 414. The lowest BCUT2D eigenvalue weighted by molar-refractivity contribution is 0.158. The van der Waals surface area contributed by atoms with Crippen LogP contribution in [0.5, 0.6) is 0 Å². The maximum absolute atomic E-state index is 11.2. The Morgan fingerprint density at radius 2 is 2.40 bits per heavy atom. The van der Waals surface area contributed by atoms with Gasteiger partial charge in [0, 0.05) is 6.07 Å². The zero-order valence-corrected chi connectivity index (χ0v) is 8.54. The van der Waals surface area contributed by atoms with Gasteiger partial charge in [-0.05, 0) is 18.4 Å². The van der Waals surface area contributed by atoms with Crippen LogP contribution in [0.3, 0.4) is 0 Å². The highest BCUT2D eigenvalue weighted by molar-refractivity contribution is 5.49. The van der Waals surface area contributed by atoms with Crippen LogP contribution in [0.25, 0.3) is 0 Å². The highest BCUT2D eigenvalue weighted by Crippen LogP contribution is 2.29. The van der Waals surface area contributed by atoms with Gasteiger partial charge < -0.3 is 9.52 Å². The number of anilines is 1. The predicted octanol–water partition coefficient (Wildman–Crippen LogP) is 0.903. The zero-order valence-electron chi connectivity index (χ0n) is 8.54. The Labute approximate surface area is 87.1 Å². The summed E-state index contributed by atoms with van der Waals surface area (Å²) in [5.74, 6) is 0.334. The molecule has 3 N–H and O–H groups in total. The third kappa shape index (κ3) is 1.88. The summed E-state index contributed by atoms with van der Waals surface area (Å²) < 4.78 is 4.92. The van der Waals surface area contributed by atoms with Crippen molar-refractivity contribution in [1.82, 2.24) is 5.43 Å². The second kappa shape index (κ2) is 4.04. The van der Waals surface area contributed by atoms with E-state index in [-0.39, 0.29) is 5.63 Å². The van der Waals surface area contributed by atoms with Gasteiger partial charge in [0.05, 0.1) is 5.56 Å². The lowest BCUT2D eigenvalue weighted by atomic mass is 10.0. The first-order valence-electron chi connectivity index (χ1n) is 5.09. The molecule has 5 heteroatoms. The van der Waals surface area contributed by atoms with Gasteiger partial charge in [0.2, 0.25) is 5.88 Å². The first kappa shape index (κ1) is 10.2. The Morgan fingerprint density at radius 1 is 1.60 bits per heavy atom. The molecule has 0 aromatic carbocycles. The van der Waals surface area contributed by atoms with E-state index in [2.05, 4.69) is 17.8 Å². The van der Waals surface area contributed by atoms with Crippen molar-refractivity contribution in [2.45, 2.75) is 32.4 Å². The average molecular weight is 210 g/mol. The molecule has 2 rings (SSSR count). The Morgan fingerprint density at radius 3 is 3.13 bits per heavy atom. The molecule has 1 aliphatic heterocycles. The first-order chi connectivity index (χ1) is 7.22. The van der Waals surface area contributed by atoms with Gasteiger partial charge in [-0.15, -0.1) is 0 Å². The molecule has 1 aromatic rings. The monoisotopic (exact) mass is 210 g/mol. The molecule has 1 aliphatic rings. The highest BCUT2D eigenvalue weighted by Gasteiger charge is 2.25. The van der Waals surface area contributed by atoms with Crippen molar-refractivity contribution >= 4 is 5.88 Å². The fourth-order valence-corrected chi connectivity index (χ4v) is 1.72. The van der Waals surface area contributed by atoms with Gasteiger partial charge in [0.1, 0.15) is 0 Å². The molecular weight excluding hydrogens is 196 g/mol. The van der Waals surface area contributed by atoms with Crippen molar-refractivity contribution in [3.63, 3.8) is 0 Å². The van der Waals surface area contributed by atoms with Crippen molar-refractivity contribution in [2.24, 2.45) is 0 Å². The minimum atomic E-state index is -0.795. The van der Waals surface area contributed by atoms with Crippen molar-refractivity contribution in [3.05, 3.63) is 27.6 Å². The second-order valence-corrected chi connectivity index (χ2v) is 3.61. The first-order valence-corrected chi connectivity index (χ1v) is 5.09. The van der Waals surface area contributed by atoms with E-state index >= 15 is 0 Å². The smallest absolute Gasteiger partial charge is 0.337 e. The Hall–Kier alpha value is -1.33. The molecule has 1 unspecified atom stereocenters. The molecule has 1 atom stereocenters. The number of unbranched alkanes of at least 4 members (excludes halogenated alkanes) is 1. The Kier molecular flexibility index (Phi) is 2.75. The van der Waals surface area contributed by atoms with Crippen LogP contribution in [0.2, 0.25) is 0 Å². The van der Waals surface area contributed by atoms with Crippen LogP contribution in [-0.2, 0) is 6.42 Å². The molecule has 2 heterocycles. The highest BCUT2D eigenvalue weighted by atomic mass is 16.4. The summed E-state index contributed by atoms with van der Waals surface area (Å²) in [6, 6.07) is 1.45. The van der Waals surface area contributed by atoms with Gasteiger partial charge in [0.25, 0.3) is 0 Å². The average Bonchev–Trinajstić information content (AvgIpc) is 2.56. The van der Waals surface area contributed by atoms with Crippen LogP contribution in [-0.4, -0.2) is 5.11 Å². The van der Waals surface area contributed by atoms with E-state index in [0.29, 0.717) is 11.4 Å². The van der Waals surface area contributed by atoms with E-state index in [4.69, 9.17) is 4.42 Å². The molecule has 0 aliphatic carbocycles. The SMILES string of the molecule is CCCCc1cc(=O)oc2c1C(O)NN2. The maximum atomic E-state index is 11.2. The fraction of sp³-hybridized carbons (Fsp3) is 0.500. The number of fused-ring (bicyclic) bond motifs is 1. The molecule has 15 heavy (non-hydrogen) atoms. The van der Waals surface area contributed by atoms with Gasteiger partial charge in [-0.25, -0.2) is 10.2 Å². The summed E-state index contributed by atoms with van der Waals surface area (Å²) in [5.41, 5.74) is 6.37. The molecule has 0 saturated heterocycles. The minimum absolute atomic E-state index is 0.334. The van der Waals surface area contributed by atoms with Gasteiger partial charge in [-0.2, -0.15) is 0 Å². The second-order valence-electron chi connectivity index (χ2n) is 3.61. The number of aliphatic hydroxyl groups is 1. The van der Waals surface area contributed by atoms with E-state index in [1.165, 1.54) is 6.07 Å². The number of aliphatic hydroxyl groups excluding tert-OH is 1. The third-order valence-corrected chi connectivity index (χ3v) is 2.48. The van der Waals surface area contributed by atoms with Crippen LogP contribution in [0.1, 0.15) is 37.1 Å². The summed E-state index contributed by atoms with van der Waals surface area (Å²) in [6.45, 7) is 2.08. The van der Waals surface area contributed by atoms with Crippen molar-refractivity contribution in [2.75, 3.05) is 5.43 Å². The summed E-state index contributed by atoms with van der Waals surface area (Å²) in [6.07, 6.45) is 2.02. The molecule has 0 fully saturated rings. The van der Waals surface area contributed by atoms with Crippen LogP contribution in [0, 0.1) is 0 Å². The third-order valence-electron chi connectivity index (χ3n) is 2.48. The number of rotatable bonds is 3. The quantitative estimate of drug-likeness (QED) is 0.691. The molecular formula is C10H14N2O3. The molecule has 0 radical (unpaired) electrons. The standard InChI is InChI=1S/C10H14N2O3/c1-2-3-4-6-5-7(13)15-10-8(6)9(14)11-12-10/h5,9,11-12,14H,2-4H2,1H3. The van der Waals surface area contributed by atoms with Gasteiger partial charge >= 0.3 is 5.63 Å². The van der Waals surface area contributed by atoms with Crippen LogP contribution >= 0.6 is 0 Å². The number of hydrazine groups is 1. The van der Waals surface area contributed by atoms with E-state index < -0.39 is 6.23 Å². The zero-order chi connectivity index (χ0) is 10.8.